The second-order valence-electron chi connectivity index (χ2n) is 5.94. The molecule has 0 spiro atoms. The largest absolute Gasteiger partial charge is 0.349 e. The van der Waals surface area contributed by atoms with Crippen LogP contribution in [0.15, 0.2) is 0 Å². The van der Waals surface area contributed by atoms with Gasteiger partial charge in [0, 0.05) is 33.1 Å². The summed E-state index contributed by atoms with van der Waals surface area (Å²) in [5.74, 6) is 1.95. The van der Waals surface area contributed by atoms with E-state index < -0.39 is 0 Å². The summed E-state index contributed by atoms with van der Waals surface area (Å²) in [6.07, 6.45) is 2.93. The number of likely N-dealkylation sites (tertiary alicyclic amines) is 1. The van der Waals surface area contributed by atoms with Crippen LogP contribution in [0.25, 0.3) is 0 Å². The Balaban J connectivity index is 1.77. The van der Waals surface area contributed by atoms with E-state index in [2.05, 4.69) is 17.1 Å². The number of nitrogens with zero attached hydrogens (tertiary/aromatic N) is 2. The molecule has 0 aromatic heterocycles. The van der Waals surface area contributed by atoms with Crippen LogP contribution in [-0.4, -0.2) is 62.0 Å². The molecule has 4 nitrogen and oxygen atoms in total. The van der Waals surface area contributed by atoms with Crippen molar-refractivity contribution in [2.24, 2.45) is 11.8 Å². The lowest BCUT2D eigenvalue weighted by atomic mass is 9.93. The fourth-order valence-electron chi connectivity index (χ4n) is 3.59. The first-order valence-corrected chi connectivity index (χ1v) is 7.28. The van der Waals surface area contributed by atoms with E-state index in [1.165, 1.54) is 26.1 Å². The van der Waals surface area contributed by atoms with Crippen molar-refractivity contribution in [1.29, 1.82) is 0 Å². The van der Waals surface area contributed by atoms with E-state index in [4.69, 9.17) is 0 Å². The molecule has 0 saturated carbocycles. The predicted octanol–water partition coefficient (Wildman–Crippen LogP) is 0.785. The second-order valence-corrected chi connectivity index (χ2v) is 5.94. The van der Waals surface area contributed by atoms with Gasteiger partial charge in [0.25, 0.3) is 0 Å². The Morgan fingerprint density at radius 3 is 2.83 bits per heavy atom. The van der Waals surface area contributed by atoms with Crippen molar-refractivity contribution in [2.75, 3.05) is 40.3 Å². The Kier molecular flexibility index (Phi) is 4.62. The van der Waals surface area contributed by atoms with Gasteiger partial charge >= 0.3 is 0 Å². The maximum absolute atomic E-state index is 11.6. The van der Waals surface area contributed by atoms with Crippen molar-refractivity contribution in [2.45, 2.75) is 32.2 Å². The fraction of sp³-hybridized carbons (Fsp3) is 0.929. The van der Waals surface area contributed by atoms with E-state index in [-0.39, 0.29) is 5.91 Å². The van der Waals surface area contributed by atoms with Gasteiger partial charge in [0.15, 0.2) is 0 Å². The van der Waals surface area contributed by atoms with Crippen molar-refractivity contribution >= 4 is 5.91 Å². The smallest absolute Gasteiger partial charge is 0.222 e. The summed E-state index contributed by atoms with van der Waals surface area (Å²) in [6, 6.07) is 0.736. The Morgan fingerprint density at radius 1 is 1.39 bits per heavy atom. The number of rotatable bonds is 5. The van der Waals surface area contributed by atoms with E-state index in [1.54, 1.807) is 4.90 Å². The molecule has 2 fully saturated rings. The van der Waals surface area contributed by atoms with Gasteiger partial charge in [-0.25, -0.2) is 0 Å². The van der Waals surface area contributed by atoms with Crippen molar-refractivity contribution in [3.63, 3.8) is 0 Å². The van der Waals surface area contributed by atoms with E-state index in [9.17, 15) is 4.79 Å². The summed E-state index contributed by atoms with van der Waals surface area (Å²) < 4.78 is 0. The highest BCUT2D eigenvalue weighted by atomic mass is 16.2. The standard InChI is InChI=1S/C14H27N3O/c1-4-13-12-9-15-8-11(12)10-17(13)7-5-6-14(18)16(2)3/h11-13,15H,4-10H2,1-3H3. The van der Waals surface area contributed by atoms with Crippen LogP contribution < -0.4 is 5.32 Å². The van der Waals surface area contributed by atoms with Gasteiger partial charge in [0.2, 0.25) is 5.91 Å². The van der Waals surface area contributed by atoms with Gasteiger partial charge in [-0.05, 0) is 44.3 Å². The van der Waals surface area contributed by atoms with E-state index in [1.807, 2.05) is 14.1 Å². The van der Waals surface area contributed by atoms with Crippen LogP contribution in [0.3, 0.4) is 0 Å². The molecule has 104 valence electrons. The topological polar surface area (TPSA) is 35.6 Å². The second kappa shape index (κ2) is 6.02. The highest BCUT2D eigenvalue weighted by Crippen LogP contribution is 2.34. The third-order valence-corrected chi connectivity index (χ3v) is 4.58. The van der Waals surface area contributed by atoms with E-state index in [0.717, 1.165) is 30.8 Å². The van der Waals surface area contributed by atoms with Gasteiger partial charge in [-0.3, -0.25) is 9.69 Å². The average molecular weight is 253 g/mol. The van der Waals surface area contributed by atoms with Crippen LogP contribution >= 0.6 is 0 Å². The number of fused-ring (bicyclic) bond motifs is 1. The van der Waals surface area contributed by atoms with Gasteiger partial charge in [-0.15, -0.1) is 0 Å². The molecule has 1 amide bonds. The molecule has 0 radical (unpaired) electrons. The summed E-state index contributed by atoms with van der Waals surface area (Å²) in [6.45, 7) is 6.99. The van der Waals surface area contributed by atoms with Crippen molar-refractivity contribution in [1.82, 2.24) is 15.1 Å². The fourth-order valence-corrected chi connectivity index (χ4v) is 3.59. The minimum absolute atomic E-state index is 0.254. The lowest BCUT2D eigenvalue weighted by molar-refractivity contribution is -0.128. The molecule has 0 aromatic rings. The zero-order valence-corrected chi connectivity index (χ0v) is 12.0. The van der Waals surface area contributed by atoms with Crippen molar-refractivity contribution < 1.29 is 4.79 Å². The molecule has 0 bridgehead atoms. The molecule has 1 N–H and O–H groups in total. The number of amides is 1. The predicted molar refractivity (Wildman–Crippen MR) is 73.4 cm³/mol. The molecule has 2 aliphatic rings. The molecule has 0 aromatic carbocycles. The Labute approximate surface area is 111 Å². The first kappa shape index (κ1) is 13.8. The zero-order valence-electron chi connectivity index (χ0n) is 12.0. The normalized spacial score (nSPS) is 31.6. The monoisotopic (exact) mass is 253 g/mol. The first-order chi connectivity index (χ1) is 8.63. The van der Waals surface area contributed by atoms with Gasteiger partial charge in [-0.1, -0.05) is 6.92 Å². The highest BCUT2D eigenvalue weighted by molar-refractivity contribution is 5.75. The Morgan fingerprint density at radius 2 is 2.17 bits per heavy atom. The van der Waals surface area contributed by atoms with E-state index in [0.29, 0.717) is 6.42 Å². The minimum atomic E-state index is 0.254. The van der Waals surface area contributed by atoms with Gasteiger partial charge < -0.3 is 10.2 Å². The van der Waals surface area contributed by atoms with Crippen LogP contribution in [0.5, 0.6) is 0 Å². The Bertz CT molecular complexity index is 293. The van der Waals surface area contributed by atoms with Crippen LogP contribution in [-0.2, 0) is 4.79 Å². The highest BCUT2D eigenvalue weighted by Gasteiger charge is 2.42. The summed E-state index contributed by atoms with van der Waals surface area (Å²) in [5, 5.41) is 3.51. The SMILES string of the molecule is CCC1C2CNCC2CN1CCCC(=O)N(C)C. The summed E-state index contributed by atoms with van der Waals surface area (Å²) in [5.41, 5.74) is 0. The summed E-state index contributed by atoms with van der Waals surface area (Å²) >= 11 is 0. The molecule has 2 heterocycles. The molecule has 3 atom stereocenters. The van der Waals surface area contributed by atoms with Crippen LogP contribution in [0, 0.1) is 11.8 Å². The van der Waals surface area contributed by atoms with Crippen LogP contribution in [0.2, 0.25) is 0 Å². The molecule has 2 rings (SSSR count). The molecular weight excluding hydrogens is 226 g/mol. The quantitative estimate of drug-likeness (QED) is 0.787. The number of nitrogens with one attached hydrogen (secondary N) is 1. The molecule has 2 aliphatic heterocycles. The summed E-state index contributed by atoms with van der Waals surface area (Å²) in [4.78, 5) is 15.9. The first-order valence-electron chi connectivity index (χ1n) is 7.28. The number of carbonyl (C=O) groups excluding carboxylic acids is 1. The van der Waals surface area contributed by atoms with E-state index >= 15 is 0 Å². The lowest BCUT2D eigenvalue weighted by Gasteiger charge is -2.26. The van der Waals surface area contributed by atoms with Crippen LogP contribution in [0.1, 0.15) is 26.2 Å². The summed E-state index contributed by atoms with van der Waals surface area (Å²) in [7, 11) is 3.67. The average Bonchev–Trinajstić information content (AvgIpc) is 2.88. The number of hydrogen-bond donors (Lipinski definition) is 1. The van der Waals surface area contributed by atoms with Gasteiger partial charge in [0.05, 0.1) is 0 Å². The molecule has 18 heavy (non-hydrogen) atoms. The van der Waals surface area contributed by atoms with Gasteiger partial charge in [0.1, 0.15) is 0 Å². The molecule has 2 saturated heterocycles. The van der Waals surface area contributed by atoms with Crippen LogP contribution in [0.4, 0.5) is 0 Å². The minimum Gasteiger partial charge on any atom is -0.349 e. The number of hydrogen-bond acceptors (Lipinski definition) is 3. The zero-order chi connectivity index (χ0) is 13.1. The number of carbonyl (C=O) groups is 1. The molecule has 3 unspecified atom stereocenters. The van der Waals surface area contributed by atoms with Crippen molar-refractivity contribution in [3.8, 4) is 0 Å². The van der Waals surface area contributed by atoms with Gasteiger partial charge in [-0.2, -0.15) is 0 Å². The third-order valence-electron chi connectivity index (χ3n) is 4.58. The Hall–Kier alpha value is -0.610. The molecular formula is C14H27N3O. The lowest BCUT2D eigenvalue weighted by Crippen LogP contribution is -2.36. The maximum atomic E-state index is 11.6. The third kappa shape index (κ3) is 2.86. The molecule has 4 heteroatoms. The maximum Gasteiger partial charge on any atom is 0.222 e. The van der Waals surface area contributed by atoms with Crippen molar-refractivity contribution in [3.05, 3.63) is 0 Å². The molecule has 0 aliphatic carbocycles.